The smallest absolute Gasteiger partial charge is 0.146 e. The van der Waals surface area contributed by atoms with Crippen molar-refractivity contribution in [2.45, 2.75) is 24.8 Å². The second-order valence-electron chi connectivity index (χ2n) is 5.19. The van der Waals surface area contributed by atoms with Gasteiger partial charge in [0.05, 0.1) is 5.69 Å². The summed E-state index contributed by atoms with van der Waals surface area (Å²) in [5, 5.41) is 3.07. The molecule has 0 atom stereocenters. The molecular weight excluding hydrogens is 324 g/mol. The van der Waals surface area contributed by atoms with Gasteiger partial charge in [-0.05, 0) is 54.7 Å². The molecule has 0 heterocycles. The first kappa shape index (κ1) is 13.6. The Balaban J connectivity index is 1.60. The lowest BCUT2D eigenvalue weighted by molar-refractivity contribution is 0.372. The molecule has 1 N–H and O–H groups in total. The zero-order chi connectivity index (χ0) is 14.1. The Morgan fingerprint density at radius 1 is 1.00 bits per heavy atom. The van der Waals surface area contributed by atoms with E-state index in [1.54, 1.807) is 0 Å². The van der Waals surface area contributed by atoms with Crippen LogP contribution in [0.4, 0.5) is 14.5 Å². The van der Waals surface area contributed by atoms with Crippen molar-refractivity contribution in [3.8, 4) is 0 Å². The van der Waals surface area contributed by atoms with Gasteiger partial charge in [-0.3, -0.25) is 0 Å². The van der Waals surface area contributed by atoms with Gasteiger partial charge in [0.25, 0.3) is 0 Å². The standard InChI is InChI=1S/C16H14BrF2N/c17-12-3-1-10(2-4-12)11-7-14(8-11)20-16-9-13(18)5-6-15(16)19/h1-6,9,11,14,20H,7-8H2. The number of halogens is 3. The maximum Gasteiger partial charge on any atom is 0.146 e. The number of hydrogen-bond donors (Lipinski definition) is 1. The second-order valence-corrected chi connectivity index (χ2v) is 6.10. The summed E-state index contributed by atoms with van der Waals surface area (Å²) in [7, 11) is 0. The minimum atomic E-state index is -0.419. The monoisotopic (exact) mass is 337 g/mol. The molecule has 0 bridgehead atoms. The average molecular weight is 338 g/mol. The van der Waals surface area contributed by atoms with Gasteiger partial charge in [0.15, 0.2) is 0 Å². The highest BCUT2D eigenvalue weighted by molar-refractivity contribution is 9.10. The highest BCUT2D eigenvalue weighted by atomic mass is 79.9. The highest BCUT2D eigenvalue weighted by Gasteiger charge is 2.30. The lowest BCUT2D eigenvalue weighted by atomic mass is 9.76. The maximum absolute atomic E-state index is 13.5. The van der Waals surface area contributed by atoms with Crippen LogP contribution in [0, 0.1) is 11.6 Å². The van der Waals surface area contributed by atoms with Crippen LogP contribution in [0.5, 0.6) is 0 Å². The van der Waals surface area contributed by atoms with Crippen LogP contribution in [0.3, 0.4) is 0 Å². The van der Waals surface area contributed by atoms with Gasteiger partial charge in [-0.25, -0.2) is 8.78 Å². The van der Waals surface area contributed by atoms with E-state index < -0.39 is 11.6 Å². The van der Waals surface area contributed by atoms with Crippen LogP contribution in [0.2, 0.25) is 0 Å². The fourth-order valence-electron chi connectivity index (χ4n) is 2.57. The molecule has 0 aliphatic heterocycles. The molecule has 2 aromatic rings. The number of hydrogen-bond acceptors (Lipinski definition) is 1. The molecule has 0 aromatic heterocycles. The van der Waals surface area contributed by atoms with Gasteiger partial charge in [-0.15, -0.1) is 0 Å². The molecule has 20 heavy (non-hydrogen) atoms. The molecule has 0 unspecified atom stereocenters. The Hall–Kier alpha value is -1.42. The molecule has 0 radical (unpaired) electrons. The molecule has 0 spiro atoms. The lowest BCUT2D eigenvalue weighted by Gasteiger charge is -2.37. The number of benzene rings is 2. The van der Waals surface area contributed by atoms with Crippen LogP contribution in [0.1, 0.15) is 24.3 Å². The molecule has 1 aliphatic carbocycles. The number of nitrogens with one attached hydrogen (secondary N) is 1. The van der Waals surface area contributed by atoms with Crippen molar-refractivity contribution in [3.63, 3.8) is 0 Å². The summed E-state index contributed by atoms with van der Waals surface area (Å²) in [6.07, 6.45) is 1.88. The third-order valence-corrected chi connectivity index (χ3v) is 4.30. The first-order valence-electron chi connectivity index (χ1n) is 6.59. The predicted octanol–water partition coefficient (Wildman–Crippen LogP) is 5.09. The van der Waals surface area contributed by atoms with Crippen molar-refractivity contribution in [1.82, 2.24) is 0 Å². The normalized spacial score (nSPS) is 21.4. The number of anilines is 1. The molecule has 0 saturated heterocycles. The predicted molar refractivity (Wildman–Crippen MR) is 79.9 cm³/mol. The van der Waals surface area contributed by atoms with Crippen LogP contribution in [0.15, 0.2) is 46.9 Å². The zero-order valence-electron chi connectivity index (χ0n) is 10.7. The summed E-state index contributed by atoms with van der Waals surface area (Å²) in [5.74, 6) is -0.326. The van der Waals surface area contributed by atoms with Crippen molar-refractivity contribution < 1.29 is 8.78 Å². The Morgan fingerprint density at radius 2 is 1.70 bits per heavy atom. The summed E-state index contributed by atoms with van der Waals surface area (Å²) in [5.41, 5.74) is 1.55. The third-order valence-electron chi connectivity index (χ3n) is 3.77. The quantitative estimate of drug-likeness (QED) is 0.822. The Bertz CT molecular complexity index is 606. The molecule has 3 rings (SSSR count). The average Bonchev–Trinajstić information content (AvgIpc) is 2.39. The SMILES string of the molecule is Fc1ccc(F)c(NC2CC(c3ccc(Br)cc3)C2)c1. The van der Waals surface area contributed by atoms with Crippen LogP contribution in [-0.2, 0) is 0 Å². The summed E-state index contributed by atoms with van der Waals surface area (Å²) in [6.45, 7) is 0. The van der Waals surface area contributed by atoms with Crippen LogP contribution < -0.4 is 5.32 Å². The van der Waals surface area contributed by atoms with E-state index in [1.807, 2.05) is 12.1 Å². The van der Waals surface area contributed by atoms with E-state index >= 15 is 0 Å². The van der Waals surface area contributed by atoms with Crippen LogP contribution in [0.25, 0.3) is 0 Å². The zero-order valence-corrected chi connectivity index (χ0v) is 12.3. The Kier molecular flexibility index (Phi) is 3.74. The van der Waals surface area contributed by atoms with Crippen molar-refractivity contribution in [2.24, 2.45) is 0 Å². The molecule has 1 fully saturated rings. The topological polar surface area (TPSA) is 12.0 Å². The molecule has 1 nitrogen and oxygen atoms in total. The molecule has 0 amide bonds. The van der Waals surface area contributed by atoms with E-state index in [0.717, 1.165) is 29.4 Å². The van der Waals surface area contributed by atoms with E-state index in [-0.39, 0.29) is 11.7 Å². The molecule has 1 aliphatic rings. The summed E-state index contributed by atoms with van der Waals surface area (Å²) < 4.78 is 27.7. The van der Waals surface area contributed by atoms with Gasteiger partial charge in [0.1, 0.15) is 11.6 Å². The van der Waals surface area contributed by atoms with E-state index in [2.05, 4.69) is 33.4 Å². The van der Waals surface area contributed by atoms with Crippen molar-refractivity contribution >= 4 is 21.6 Å². The fourth-order valence-corrected chi connectivity index (χ4v) is 2.84. The number of rotatable bonds is 3. The highest BCUT2D eigenvalue weighted by Crippen LogP contribution is 2.39. The summed E-state index contributed by atoms with van der Waals surface area (Å²) >= 11 is 3.42. The summed E-state index contributed by atoms with van der Waals surface area (Å²) in [6, 6.07) is 12.0. The van der Waals surface area contributed by atoms with Gasteiger partial charge >= 0.3 is 0 Å². The summed E-state index contributed by atoms with van der Waals surface area (Å²) in [4.78, 5) is 0. The molecule has 1 saturated carbocycles. The molecular formula is C16H14BrF2N. The largest absolute Gasteiger partial charge is 0.380 e. The van der Waals surface area contributed by atoms with Crippen LogP contribution in [-0.4, -0.2) is 6.04 Å². The minimum absolute atomic E-state index is 0.208. The van der Waals surface area contributed by atoms with E-state index in [1.165, 1.54) is 11.6 Å². The third kappa shape index (κ3) is 2.85. The van der Waals surface area contributed by atoms with Crippen molar-refractivity contribution in [2.75, 3.05) is 5.32 Å². The van der Waals surface area contributed by atoms with E-state index in [0.29, 0.717) is 5.92 Å². The van der Waals surface area contributed by atoms with Crippen molar-refractivity contribution in [1.29, 1.82) is 0 Å². The lowest BCUT2D eigenvalue weighted by Crippen LogP contribution is -2.34. The minimum Gasteiger partial charge on any atom is -0.380 e. The molecule has 2 aromatic carbocycles. The van der Waals surface area contributed by atoms with Gasteiger partial charge in [-0.2, -0.15) is 0 Å². The van der Waals surface area contributed by atoms with Gasteiger partial charge in [0, 0.05) is 10.5 Å². The maximum atomic E-state index is 13.5. The molecule has 4 heteroatoms. The van der Waals surface area contributed by atoms with E-state index in [9.17, 15) is 8.78 Å². The van der Waals surface area contributed by atoms with Gasteiger partial charge in [0.2, 0.25) is 0 Å². The molecule has 104 valence electrons. The second kappa shape index (κ2) is 5.52. The Labute approximate surface area is 125 Å². The fraction of sp³-hybridized carbons (Fsp3) is 0.250. The van der Waals surface area contributed by atoms with Gasteiger partial charge < -0.3 is 5.32 Å². The van der Waals surface area contributed by atoms with E-state index in [4.69, 9.17) is 0 Å². The van der Waals surface area contributed by atoms with Gasteiger partial charge in [-0.1, -0.05) is 28.1 Å². The van der Waals surface area contributed by atoms with Crippen LogP contribution >= 0.6 is 15.9 Å². The Morgan fingerprint density at radius 3 is 2.40 bits per heavy atom. The first-order chi connectivity index (χ1) is 9.61. The van der Waals surface area contributed by atoms with Crippen molar-refractivity contribution in [3.05, 3.63) is 64.1 Å². The first-order valence-corrected chi connectivity index (χ1v) is 7.38.